The van der Waals surface area contributed by atoms with Crippen LogP contribution in [0.3, 0.4) is 0 Å². The van der Waals surface area contributed by atoms with Gasteiger partial charge in [-0.2, -0.15) is 5.10 Å². The molecule has 0 saturated heterocycles. The van der Waals surface area contributed by atoms with Crippen molar-refractivity contribution >= 4 is 45.8 Å². The van der Waals surface area contributed by atoms with Crippen molar-refractivity contribution in [3.8, 4) is 0 Å². The van der Waals surface area contributed by atoms with Gasteiger partial charge in [-0.1, -0.05) is 41.9 Å². The highest BCUT2D eigenvalue weighted by Crippen LogP contribution is 2.19. The molecule has 0 atom stereocenters. The Balaban J connectivity index is 1.73. The van der Waals surface area contributed by atoms with Crippen molar-refractivity contribution < 1.29 is 4.79 Å². The molecule has 3 rings (SSSR count). The number of nitrogens with zero attached hydrogens (tertiary/aromatic N) is 1. The van der Waals surface area contributed by atoms with Crippen LogP contribution in [0.4, 0.5) is 0 Å². The summed E-state index contributed by atoms with van der Waals surface area (Å²) in [6.07, 6.45) is 1.58. The Morgan fingerprint density at radius 2 is 1.90 bits per heavy atom. The molecule has 3 aromatic rings. The molecule has 5 heteroatoms. The summed E-state index contributed by atoms with van der Waals surface area (Å²) < 4.78 is 0.692. The van der Waals surface area contributed by atoms with Crippen molar-refractivity contribution in [3.05, 3.63) is 69.4 Å². The standard InChI is InChI=1S/C16H11ClN2OS/c17-15-8-7-14(21-15)10-18-19-16(20)13-6-5-11-3-1-2-4-12(11)9-13/h1-10H,(H,19,20)/b18-10-. The molecule has 1 aromatic heterocycles. The van der Waals surface area contributed by atoms with Gasteiger partial charge in [0.1, 0.15) is 0 Å². The van der Waals surface area contributed by atoms with Gasteiger partial charge in [0.15, 0.2) is 0 Å². The molecule has 104 valence electrons. The summed E-state index contributed by atoms with van der Waals surface area (Å²) in [6, 6.07) is 17.1. The number of amides is 1. The van der Waals surface area contributed by atoms with E-state index in [2.05, 4.69) is 10.5 Å². The van der Waals surface area contributed by atoms with Crippen LogP contribution in [0.1, 0.15) is 15.2 Å². The van der Waals surface area contributed by atoms with E-state index in [1.54, 1.807) is 18.3 Å². The van der Waals surface area contributed by atoms with Crippen LogP contribution in [0.25, 0.3) is 10.8 Å². The molecule has 2 aromatic carbocycles. The van der Waals surface area contributed by atoms with E-state index in [0.29, 0.717) is 9.90 Å². The van der Waals surface area contributed by atoms with Crippen molar-refractivity contribution in [2.45, 2.75) is 0 Å². The molecule has 1 N–H and O–H groups in total. The van der Waals surface area contributed by atoms with Crippen LogP contribution < -0.4 is 5.43 Å². The fourth-order valence-corrected chi connectivity index (χ4v) is 2.88. The first-order chi connectivity index (χ1) is 10.2. The number of nitrogens with one attached hydrogen (secondary N) is 1. The largest absolute Gasteiger partial charge is 0.271 e. The highest BCUT2D eigenvalue weighted by Gasteiger charge is 2.04. The third-order valence-electron chi connectivity index (χ3n) is 2.96. The smallest absolute Gasteiger partial charge is 0.267 e. The van der Waals surface area contributed by atoms with Crippen LogP contribution in [0, 0.1) is 0 Å². The SMILES string of the molecule is O=C(N/N=C\c1ccc(Cl)s1)c1ccc2ccccc2c1. The minimum atomic E-state index is -0.236. The Kier molecular flexibility index (Phi) is 3.99. The third-order valence-corrected chi connectivity index (χ3v) is 4.13. The minimum absolute atomic E-state index is 0.236. The summed E-state index contributed by atoms with van der Waals surface area (Å²) in [5.41, 5.74) is 3.09. The Bertz CT molecular complexity index is 826. The normalized spacial score (nSPS) is 11.1. The predicted octanol–water partition coefficient (Wildman–Crippen LogP) is 4.32. The lowest BCUT2D eigenvalue weighted by atomic mass is 10.1. The number of fused-ring (bicyclic) bond motifs is 1. The van der Waals surface area contributed by atoms with E-state index in [-0.39, 0.29) is 5.91 Å². The maximum atomic E-state index is 12.0. The second-order valence-electron chi connectivity index (χ2n) is 4.40. The summed E-state index contributed by atoms with van der Waals surface area (Å²) in [5.74, 6) is -0.236. The number of rotatable bonds is 3. The molecule has 3 nitrogen and oxygen atoms in total. The lowest BCUT2D eigenvalue weighted by molar-refractivity contribution is 0.0955. The number of hydrazone groups is 1. The zero-order valence-corrected chi connectivity index (χ0v) is 12.5. The second kappa shape index (κ2) is 6.08. The molecule has 0 fully saturated rings. The fraction of sp³-hybridized carbons (Fsp3) is 0. The minimum Gasteiger partial charge on any atom is -0.267 e. The number of thiophene rings is 1. The lowest BCUT2D eigenvalue weighted by Crippen LogP contribution is -2.17. The highest BCUT2D eigenvalue weighted by molar-refractivity contribution is 7.17. The average Bonchev–Trinajstić information content (AvgIpc) is 2.92. The Hall–Kier alpha value is -2.17. The van der Waals surface area contributed by atoms with Gasteiger partial charge in [0, 0.05) is 10.4 Å². The molecule has 0 saturated carbocycles. The van der Waals surface area contributed by atoms with Gasteiger partial charge in [-0.25, -0.2) is 5.43 Å². The van der Waals surface area contributed by atoms with E-state index in [1.165, 1.54) is 11.3 Å². The molecule has 0 aliphatic carbocycles. The zero-order valence-electron chi connectivity index (χ0n) is 10.9. The van der Waals surface area contributed by atoms with Crippen molar-refractivity contribution in [1.29, 1.82) is 0 Å². The third kappa shape index (κ3) is 3.29. The van der Waals surface area contributed by atoms with Gasteiger partial charge >= 0.3 is 0 Å². The molecule has 21 heavy (non-hydrogen) atoms. The van der Waals surface area contributed by atoms with Crippen LogP contribution >= 0.6 is 22.9 Å². The monoisotopic (exact) mass is 314 g/mol. The van der Waals surface area contributed by atoms with Crippen LogP contribution in [0.15, 0.2) is 59.7 Å². The van der Waals surface area contributed by atoms with E-state index < -0.39 is 0 Å². The number of carbonyl (C=O) groups excluding carboxylic acids is 1. The molecule has 0 aliphatic rings. The quantitative estimate of drug-likeness (QED) is 0.568. The van der Waals surface area contributed by atoms with Crippen molar-refractivity contribution in [2.24, 2.45) is 5.10 Å². The first-order valence-corrected chi connectivity index (χ1v) is 7.49. The summed E-state index contributed by atoms with van der Waals surface area (Å²) in [5, 5.41) is 6.07. The summed E-state index contributed by atoms with van der Waals surface area (Å²) in [7, 11) is 0. The molecular weight excluding hydrogens is 304 g/mol. The van der Waals surface area contributed by atoms with Gasteiger partial charge in [0.05, 0.1) is 10.6 Å². The fourth-order valence-electron chi connectivity index (χ4n) is 1.95. The van der Waals surface area contributed by atoms with E-state index in [1.807, 2.05) is 42.5 Å². The topological polar surface area (TPSA) is 41.5 Å². The number of carbonyl (C=O) groups is 1. The first kappa shape index (κ1) is 13.8. The number of benzene rings is 2. The van der Waals surface area contributed by atoms with Gasteiger partial charge in [-0.15, -0.1) is 11.3 Å². The molecule has 0 aliphatic heterocycles. The molecule has 0 radical (unpaired) electrons. The summed E-state index contributed by atoms with van der Waals surface area (Å²) in [6.45, 7) is 0. The molecule has 1 heterocycles. The van der Waals surface area contributed by atoms with Gasteiger partial charge in [0.25, 0.3) is 5.91 Å². The molecule has 0 spiro atoms. The van der Waals surface area contributed by atoms with Gasteiger partial charge in [-0.3, -0.25) is 4.79 Å². The van der Waals surface area contributed by atoms with Gasteiger partial charge < -0.3 is 0 Å². The summed E-state index contributed by atoms with van der Waals surface area (Å²) in [4.78, 5) is 12.9. The summed E-state index contributed by atoms with van der Waals surface area (Å²) >= 11 is 7.22. The Morgan fingerprint density at radius 3 is 2.67 bits per heavy atom. The van der Waals surface area contributed by atoms with Gasteiger partial charge in [-0.05, 0) is 35.0 Å². The Morgan fingerprint density at radius 1 is 1.10 bits per heavy atom. The molecule has 0 unspecified atom stereocenters. The first-order valence-electron chi connectivity index (χ1n) is 6.30. The number of hydrogen-bond donors (Lipinski definition) is 1. The lowest BCUT2D eigenvalue weighted by Gasteiger charge is -2.02. The van der Waals surface area contributed by atoms with E-state index in [0.717, 1.165) is 15.6 Å². The van der Waals surface area contributed by atoms with Crippen molar-refractivity contribution in [1.82, 2.24) is 5.43 Å². The van der Waals surface area contributed by atoms with Crippen LogP contribution in [0.5, 0.6) is 0 Å². The maximum absolute atomic E-state index is 12.0. The molecule has 0 bridgehead atoms. The number of halogens is 1. The van der Waals surface area contributed by atoms with E-state index in [4.69, 9.17) is 11.6 Å². The zero-order chi connectivity index (χ0) is 14.7. The van der Waals surface area contributed by atoms with Crippen molar-refractivity contribution in [2.75, 3.05) is 0 Å². The molecule has 1 amide bonds. The average molecular weight is 315 g/mol. The second-order valence-corrected chi connectivity index (χ2v) is 6.15. The van der Waals surface area contributed by atoms with Crippen LogP contribution in [-0.4, -0.2) is 12.1 Å². The van der Waals surface area contributed by atoms with Crippen molar-refractivity contribution in [3.63, 3.8) is 0 Å². The molecular formula is C16H11ClN2OS. The van der Waals surface area contributed by atoms with Gasteiger partial charge in [0.2, 0.25) is 0 Å². The number of hydrogen-bond acceptors (Lipinski definition) is 3. The van der Waals surface area contributed by atoms with E-state index in [9.17, 15) is 4.79 Å². The highest BCUT2D eigenvalue weighted by atomic mass is 35.5. The van der Waals surface area contributed by atoms with Crippen LogP contribution in [-0.2, 0) is 0 Å². The van der Waals surface area contributed by atoms with Crippen LogP contribution in [0.2, 0.25) is 4.34 Å². The Labute approximate surface area is 130 Å². The van der Waals surface area contributed by atoms with E-state index >= 15 is 0 Å². The predicted molar refractivity (Wildman–Crippen MR) is 88.3 cm³/mol. The maximum Gasteiger partial charge on any atom is 0.271 e.